The molecule has 0 aliphatic rings. The summed E-state index contributed by atoms with van der Waals surface area (Å²) >= 11 is 0. The van der Waals surface area contributed by atoms with Crippen molar-refractivity contribution in [1.29, 1.82) is 0 Å². The van der Waals surface area contributed by atoms with Crippen LogP contribution in [0.3, 0.4) is 0 Å². The monoisotopic (exact) mass is 269 g/mol. The molecule has 2 N–H and O–H groups in total. The number of hydrogen-bond acceptors (Lipinski definition) is 2. The number of hydrogen-bond donors (Lipinski definition) is 1. The molecular formula is C17H23N3. The van der Waals surface area contributed by atoms with Crippen LogP contribution < -0.4 is 5.73 Å². The number of rotatable bonds is 6. The van der Waals surface area contributed by atoms with E-state index in [1.807, 2.05) is 6.07 Å². The second kappa shape index (κ2) is 7.72. The van der Waals surface area contributed by atoms with Crippen molar-refractivity contribution in [3.05, 3.63) is 30.1 Å². The van der Waals surface area contributed by atoms with Crippen LogP contribution in [0.4, 0.5) is 0 Å². The SMILES string of the molecule is CCCn1c(CC#CCCCCN)nc2ccccc21. The number of unbranched alkanes of at least 4 members (excludes halogenated alkanes) is 2. The molecule has 0 spiro atoms. The van der Waals surface area contributed by atoms with Crippen molar-refractivity contribution < 1.29 is 0 Å². The average molecular weight is 269 g/mol. The van der Waals surface area contributed by atoms with Gasteiger partial charge in [0.05, 0.1) is 17.5 Å². The van der Waals surface area contributed by atoms with E-state index in [9.17, 15) is 0 Å². The van der Waals surface area contributed by atoms with Gasteiger partial charge < -0.3 is 10.3 Å². The molecule has 2 rings (SSSR count). The van der Waals surface area contributed by atoms with E-state index in [0.29, 0.717) is 0 Å². The number of imidazole rings is 1. The summed E-state index contributed by atoms with van der Waals surface area (Å²) < 4.78 is 2.30. The van der Waals surface area contributed by atoms with Gasteiger partial charge in [-0.05, 0) is 37.9 Å². The molecule has 1 heterocycles. The van der Waals surface area contributed by atoms with Crippen molar-refractivity contribution in [3.8, 4) is 11.8 Å². The molecule has 1 aromatic carbocycles. The third kappa shape index (κ3) is 3.61. The maximum absolute atomic E-state index is 5.47. The Bertz CT molecular complexity index is 601. The molecule has 0 unspecified atom stereocenters. The average Bonchev–Trinajstić information content (AvgIpc) is 2.81. The van der Waals surface area contributed by atoms with Crippen LogP contribution in [0, 0.1) is 11.8 Å². The summed E-state index contributed by atoms with van der Waals surface area (Å²) in [6, 6.07) is 8.31. The second-order valence-electron chi connectivity index (χ2n) is 4.94. The van der Waals surface area contributed by atoms with Gasteiger partial charge in [-0.3, -0.25) is 0 Å². The molecule has 1 aromatic heterocycles. The maximum Gasteiger partial charge on any atom is 0.121 e. The Labute approximate surface area is 121 Å². The van der Waals surface area contributed by atoms with Gasteiger partial charge in [-0.15, -0.1) is 5.92 Å². The molecule has 0 fully saturated rings. The summed E-state index contributed by atoms with van der Waals surface area (Å²) in [7, 11) is 0. The lowest BCUT2D eigenvalue weighted by atomic mass is 10.2. The Morgan fingerprint density at radius 1 is 1.20 bits per heavy atom. The highest BCUT2D eigenvalue weighted by molar-refractivity contribution is 5.75. The maximum atomic E-state index is 5.47. The van der Waals surface area contributed by atoms with Gasteiger partial charge in [-0.25, -0.2) is 4.98 Å². The number of aryl methyl sites for hydroxylation is 1. The van der Waals surface area contributed by atoms with Gasteiger partial charge in [0, 0.05) is 13.0 Å². The van der Waals surface area contributed by atoms with E-state index in [0.717, 1.165) is 56.5 Å². The van der Waals surface area contributed by atoms with Gasteiger partial charge in [0.25, 0.3) is 0 Å². The van der Waals surface area contributed by atoms with Gasteiger partial charge in [0.1, 0.15) is 5.82 Å². The molecule has 0 aliphatic carbocycles. The van der Waals surface area contributed by atoms with E-state index in [1.54, 1.807) is 0 Å². The first-order chi connectivity index (χ1) is 9.86. The Kier molecular flexibility index (Phi) is 5.64. The lowest BCUT2D eigenvalue weighted by molar-refractivity contribution is 0.668. The van der Waals surface area contributed by atoms with Gasteiger partial charge in [-0.1, -0.05) is 25.0 Å². The predicted molar refractivity (Wildman–Crippen MR) is 84.4 cm³/mol. The van der Waals surface area contributed by atoms with Crippen LogP contribution in [0.1, 0.15) is 38.4 Å². The fourth-order valence-electron chi connectivity index (χ4n) is 2.32. The molecule has 0 bridgehead atoms. The van der Waals surface area contributed by atoms with E-state index >= 15 is 0 Å². The zero-order valence-electron chi connectivity index (χ0n) is 12.2. The van der Waals surface area contributed by atoms with Crippen molar-refractivity contribution in [2.45, 2.75) is 45.6 Å². The summed E-state index contributed by atoms with van der Waals surface area (Å²) in [5.41, 5.74) is 7.76. The standard InChI is InChI=1S/C17H23N3/c1-2-14-20-16-11-8-7-10-15(16)19-17(20)12-6-4-3-5-9-13-18/h7-8,10-11H,2-3,5,9,12-14,18H2,1H3. The Balaban J connectivity index is 2.10. The molecule has 20 heavy (non-hydrogen) atoms. The van der Waals surface area contributed by atoms with E-state index in [-0.39, 0.29) is 0 Å². The Hall–Kier alpha value is -1.79. The summed E-state index contributed by atoms with van der Waals surface area (Å²) in [6.07, 6.45) is 4.93. The van der Waals surface area contributed by atoms with Crippen LogP contribution in [0.5, 0.6) is 0 Å². The number of fused-ring (bicyclic) bond motifs is 1. The van der Waals surface area contributed by atoms with Crippen LogP contribution in [-0.4, -0.2) is 16.1 Å². The van der Waals surface area contributed by atoms with E-state index in [1.165, 1.54) is 5.52 Å². The molecule has 0 amide bonds. The molecule has 0 radical (unpaired) electrons. The zero-order valence-corrected chi connectivity index (χ0v) is 12.2. The number of nitrogens with two attached hydrogens (primary N) is 1. The highest BCUT2D eigenvalue weighted by Crippen LogP contribution is 2.16. The van der Waals surface area contributed by atoms with Gasteiger partial charge >= 0.3 is 0 Å². The molecule has 0 saturated heterocycles. The van der Waals surface area contributed by atoms with E-state index < -0.39 is 0 Å². The van der Waals surface area contributed by atoms with Crippen LogP contribution in [-0.2, 0) is 13.0 Å². The first-order valence-corrected chi connectivity index (χ1v) is 7.46. The summed E-state index contributed by atoms with van der Waals surface area (Å²) in [5, 5.41) is 0. The first kappa shape index (κ1) is 14.6. The topological polar surface area (TPSA) is 43.8 Å². The number of nitrogens with zero attached hydrogens (tertiary/aromatic N) is 2. The molecule has 106 valence electrons. The minimum absolute atomic E-state index is 0.733. The van der Waals surface area contributed by atoms with Crippen LogP contribution in [0.2, 0.25) is 0 Å². The van der Waals surface area contributed by atoms with Crippen LogP contribution in [0.25, 0.3) is 11.0 Å². The first-order valence-electron chi connectivity index (χ1n) is 7.46. The molecule has 3 nitrogen and oxygen atoms in total. The lowest BCUT2D eigenvalue weighted by Crippen LogP contribution is -2.02. The van der Waals surface area contributed by atoms with Crippen molar-refractivity contribution >= 4 is 11.0 Å². The van der Waals surface area contributed by atoms with Crippen LogP contribution in [0.15, 0.2) is 24.3 Å². The van der Waals surface area contributed by atoms with Crippen molar-refractivity contribution in [2.75, 3.05) is 6.54 Å². The number of para-hydroxylation sites is 2. The Morgan fingerprint density at radius 2 is 2.05 bits per heavy atom. The van der Waals surface area contributed by atoms with Gasteiger partial charge in [0.2, 0.25) is 0 Å². The predicted octanol–water partition coefficient (Wildman–Crippen LogP) is 3.12. The smallest absolute Gasteiger partial charge is 0.121 e. The third-order valence-corrected chi connectivity index (χ3v) is 3.31. The largest absolute Gasteiger partial charge is 0.330 e. The van der Waals surface area contributed by atoms with E-state index in [4.69, 9.17) is 10.7 Å². The van der Waals surface area contributed by atoms with Crippen LogP contribution >= 0.6 is 0 Å². The highest BCUT2D eigenvalue weighted by atomic mass is 15.1. The summed E-state index contributed by atoms with van der Waals surface area (Å²) in [6.45, 7) is 3.95. The molecule has 3 heteroatoms. The van der Waals surface area contributed by atoms with Crippen molar-refractivity contribution in [1.82, 2.24) is 9.55 Å². The van der Waals surface area contributed by atoms with Crippen molar-refractivity contribution in [3.63, 3.8) is 0 Å². The fraction of sp³-hybridized carbons (Fsp3) is 0.471. The number of aromatic nitrogens is 2. The van der Waals surface area contributed by atoms with Gasteiger partial charge in [-0.2, -0.15) is 0 Å². The molecule has 0 saturated carbocycles. The van der Waals surface area contributed by atoms with Gasteiger partial charge in [0.15, 0.2) is 0 Å². The minimum atomic E-state index is 0.733. The van der Waals surface area contributed by atoms with Crippen molar-refractivity contribution in [2.24, 2.45) is 5.73 Å². The van der Waals surface area contributed by atoms with E-state index in [2.05, 4.69) is 41.5 Å². The lowest BCUT2D eigenvalue weighted by Gasteiger charge is -2.05. The number of benzene rings is 1. The highest BCUT2D eigenvalue weighted by Gasteiger charge is 2.07. The Morgan fingerprint density at radius 3 is 2.85 bits per heavy atom. The summed E-state index contributed by atoms with van der Waals surface area (Å²) in [4.78, 5) is 4.71. The summed E-state index contributed by atoms with van der Waals surface area (Å²) in [5.74, 6) is 7.55. The zero-order chi connectivity index (χ0) is 14.2. The fourth-order valence-corrected chi connectivity index (χ4v) is 2.32. The second-order valence-corrected chi connectivity index (χ2v) is 4.94. The quantitative estimate of drug-likeness (QED) is 0.647. The minimum Gasteiger partial charge on any atom is -0.330 e. The molecule has 0 aliphatic heterocycles. The molecule has 2 aromatic rings. The normalized spacial score (nSPS) is 10.5. The molecule has 0 atom stereocenters. The molecular weight excluding hydrogens is 246 g/mol. The third-order valence-electron chi connectivity index (χ3n) is 3.31.